The first-order valence-electron chi connectivity index (χ1n) is 9.03. The van der Waals surface area contributed by atoms with Crippen molar-refractivity contribution in [2.75, 3.05) is 34.0 Å². The molecule has 0 unspecified atom stereocenters. The van der Waals surface area contributed by atoms with Crippen LogP contribution in [-0.4, -0.2) is 54.9 Å². The highest BCUT2D eigenvalue weighted by Crippen LogP contribution is 2.38. The Morgan fingerprint density at radius 1 is 1.22 bits per heavy atom. The van der Waals surface area contributed by atoms with E-state index >= 15 is 0 Å². The van der Waals surface area contributed by atoms with E-state index in [0.717, 1.165) is 31.6 Å². The number of ether oxygens (including phenoxy) is 3. The summed E-state index contributed by atoms with van der Waals surface area (Å²) in [6.07, 6.45) is 2.43. The van der Waals surface area contributed by atoms with Gasteiger partial charge in [-0.1, -0.05) is 5.16 Å². The molecule has 1 aromatic heterocycles. The number of rotatable bonds is 5. The maximum absolute atomic E-state index is 12.3. The molecular formula is C19H23N3O5. The molecule has 0 aliphatic carbocycles. The Bertz CT molecular complexity index is 829. The first kappa shape index (κ1) is 17.8. The van der Waals surface area contributed by atoms with Crippen LogP contribution in [0.3, 0.4) is 0 Å². The van der Waals surface area contributed by atoms with Gasteiger partial charge in [0.1, 0.15) is 6.54 Å². The molecule has 4 rings (SSSR count). The molecule has 144 valence electrons. The van der Waals surface area contributed by atoms with Crippen molar-refractivity contribution in [3.05, 3.63) is 24.1 Å². The number of methoxy groups -OCH3 is 2. The number of aromatic nitrogens is 2. The van der Waals surface area contributed by atoms with E-state index in [9.17, 15) is 4.79 Å². The number of benzene rings is 1. The number of likely N-dealkylation sites (tertiary alicyclic amines) is 1. The Morgan fingerprint density at radius 2 is 2.07 bits per heavy atom. The minimum atomic E-state index is 0.0834. The number of hydrogen-bond acceptors (Lipinski definition) is 7. The van der Waals surface area contributed by atoms with Crippen molar-refractivity contribution < 1.29 is 23.5 Å². The molecule has 1 amide bonds. The molecule has 2 saturated heterocycles. The van der Waals surface area contributed by atoms with E-state index in [1.165, 1.54) is 0 Å². The van der Waals surface area contributed by atoms with Crippen LogP contribution in [0.5, 0.6) is 11.5 Å². The van der Waals surface area contributed by atoms with E-state index < -0.39 is 0 Å². The lowest BCUT2D eigenvalue weighted by Crippen LogP contribution is -2.46. The fraction of sp³-hybridized carbons (Fsp3) is 0.526. The Morgan fingerprint density at radius 3 is 2.81 bits per heavy atom. The number of hydrogen-bond donors (Lipinski definition) is 0. The molecule has 8 heteroatoms. The summed E-state index contributed by atoms with van der Waals surface area (Å²) in [6, 6.07) is 5.43. The Labute approximate surface area is 157 Å². The third-order valence-corrected chi connectivity index (χ3v) is 5.37. The zero-order valence-corrected chi connectivity index (χ0v) is 15.6. The Hall–Kier alpha value is -2.61. The summed E-state index contributed by atoms with van der Waals surface area (Å²) in [5.74, 6) is 2.22. The molecule has 0 saturated carbocycles. The molecule has 2 aromatic rings. The fourth-order valence-electron chi connectivity index (χ4n) is 3.79. The largest absolute Gasteiger partial charge is 0.493 e. The van der Waals surface area contributed by atoms with Crippen LogP contribution in [0.15, 0.2) is 22.7 Å². The van der Waals surface area contributed by atoms with Gasteiger partial charge in [-0.2, -0.15) is 4.98 Å². The molecule has 1 aromatic carbocycles. The summed E-state index contributed by atoms with van der Waals surface area (Å²) in [7, 11) is 3.16. The zero-order chi connectivity index (χ0) is 18.9. The third kappa shape index (κ3) is 3.49. The molecule has 2 aliphatic rings. The van der Waals surface area contributed by atoms with E-state index in [-0.39, 0.29) is 11.3 Å². The monoisotopic (exact) mass is 373 g/mol. The molecule has 1 spiro atoms. The Kier molecular flexibility index (Phi) is 4.73. The van der Waals surface area contributed by atoms with Crippen LogP contribution in [0, 0.1) is 5.41 Å². The maximum atomic E-state index is 12.3. The molecule has 8 nitrogen and oxygen atoms in total. The summed E-state index contributed by atoms with van der Waals surface area (Å²) in [5.41, 5.74) is 0.841. The number of nitrogens with zero attached hydrogens (tertiary/aromatic N) is 3. The van der Waals surface area contributed by atoms with Crippen LogP contribution in [0.25, 0.3) is 11.4 Å². The van der Waals surface area contributed by atoms with Gasteiger partial charge in [-0.15, -0.1) is 0 Å². The predicted molar refractivity (Wildman–Crippen MR) is 95.4 cm³/mol. The number of amides is 1. The summed E-state index contributed by atoms with van der Waals surface area (Å²) >= 11 is 0. The molecule has 0 radical (unpaired) electrons. The molecule has 3 heterocycles. The molecule has 0 bridgehead atoms. The average Bonchev–Trinajstić information content (AvgIpc) is 3.34. The molecular weight excluding hydrogens is 350 g/mol. The highest BCUT2D eigenvalue weighted by Gasteiger charge is 2.42. The molecule has 2 fully saturated rings. The second-order valence-electron chi connectivity index (χ2n) is 7.13. The van der Waals surface area contributed by atoms with Crippen molar-refractivity contribution in [2.24, 2.45) is 5.41 Å². The van der Waals surface area contributed by atoms with E-state index in [1.807, 2.05) is 11.0 Å². The summed E-state index contributed by atoms with van der Waals surface area (Å²) in [5, 5.41) is 4.05. The van der Waals surface area contributed by atoms with Gasteiger partial charge in [0.05, 0.1) is 20.8 Å². The number of carbonyl (C=O) groups excluding carboxylic acids is 1. The first-order valence-corrected chi connectivity index (χ1v) is 9.03. The minimum Gasteiger partial charge on any atom is -0.493 e. The number of piperidine rings is 1. The lowest BCUT2D eigenvalue weighted by atomic mass is 9.79. The van der Waals surface area contributed by atoms with Crippen LogP contribution < -0.4 is 9.47 Å². The van der Waals surface area contributed by atoms with Gasteiger partial charge in [0, 0.05) is 30.6 Å². The van der Waals surface area contributed by atoms with Gasteiger partial charge >= 0.3 is 0 Å². The zero-order valence-electron chi connectivity index (χ0n) is 15.6. The smallest absolute Gasteiger partial charge is 0.246 e. The molecule has 1 atom stereocenters. The van der Waals surface area contributed by atoms with Gasteiger partial charge < -0.3 is 23.6 Å². The highest BCUT2D eigenvalue weighted by atomic mass is 16.5. The highest BCUT2D eigenvalue weighted by molar-refractivity contribution is 5.77. The molecule has 2 aliphatic heterocycles. The summed E-state index contributed by atoms with van der Waals surface area (Å²) < 4.78 is 21.5. The predicted octanol–water partition coefficient (Wildman–Crippen LogP) is 2.28. The quantitative estimate of drug-likeness (QED) is 0.794. The van der Waals surface area contributed by atoms with Crippen molar-refractivity contribution in [2.45, 2.75) is 25.8 Å². The second-order valence-corrected chi connectivity index (χ2v) is 7.13. The maximum Gasteiger partial charge on any atom is 0.246 e. The SMILES string of the molecule is COc1ccc(-c2noc(CN3C[C@]4(CCOC4)CCC3=O)n2)cc1OC. The van der Waals surface area contributed by atoms with Crippen molar-refractivity contribution >= 4 is 5.91 Å². The van der Waals surface area contributed by atoms with Crippen LogP contribution in [0.4, 0.5) is 0 Å². The second kappa shape index (κ2) is 7.19. The van der Waals surface area contributed by atoms with Crippen LogP contribution in [0.2, 0.25) is 0 Å². The Balaban J connectivity index is 1.50. The van der Waals surface area contributed by atoms with Crippen LogP contribution in [-0.2, 0) is 16.1 Å². The first-order chi connectivity index (χ1) is 13.1. The average molecular weight is 373 g/mol. The van der Waals surface area contributed by atoms with Crippen molar-refractivity contribution in [1.29, 1.82) is 0 Å². The van der Waals surface area contributed by atoms with Gasteiger partial charge in [-0.25, -0.2) is 0 Å². The lowest BCUT2D eigenvalue weighted by molar-refractivity contribution is -0.138. The van der Waals surface area contributed by atoms with Crippen molar-refractivity contribution in [3.63, 3.8) is 0 Å². The van der Waals surface area contributed by atoms with Gasteiger partial charge in [0.2, 0.25) is 17.6 Å². The summed E-state index contributed by atoms with van der Waals surface area (Å²) in [6.45, 7) is 2.49. The lowest BCUT2D eigenvalue weighted by Gasteiger charge is -2.38. The van der Waals surface area contributed by atoms with Crippen molar-refractivity contribution in [1.82, 2.24) is 15.0 Å². The topological polar surface area (TPSA) is 86.9 Å². The van der Waals surface area contributed by atoms with E-state index in [1.54, 1.807) is 26.4 Å². The molecule has 0 N–H and O–H groups in total. The van der Waals surface area contributed by atoms with Crippen molar-refractivity contribution in [3.8, 4) is 22.9 Å². The van der Waals surface area contributed by atoms with E-state index in [4.69, 9.17) is 18.7 Å². The number of carbonyl (C=O) groups is 1. The minimum absolute atomic E-state index is 0.0834. The van der Waals surface area contributed by atoms with E-state index in [2.05, 4.69) is 10.1 Å². The van der Waals surface area contributed by atoms with Gasteiger partial charge in [-0.3, -0.25) is 4.79 Å². The third-order valence-electron chi connectivity index (χ3n) is 5.37. The van der Waals surface area contributed by atoms with Crippen LogP contribution in [0.1, 0.15) is 25.2 Å². The fourth-order valence-corrected chi connectivity index (χ4v) is 3.79. The van der Waals surface area contributed by atoms with E-state index in [0.29, 0.717) is 42.7 Å². The van der Waals surface area contributed by atoms with Gasteiger partial charge in [0.15, 0.2) is 11.5 Å². The molecule has 27 heavy (non-hydrogen) atoms. The normalized spacial score (nSPS) is 22.4. The van der Waals surface area contributed by atoms with Gasteiger partial charge in [0.25, 0.3) is 0 Å². The van der Waals surface area contributed by atoms with Crippen LogP contribution >= 0.6 is 0 Å². The summed E-state index contributed by atoms with van der Waals surface area (Å²) in [4.78, 5) is 18.6. The standard InChI is InChI=1S/C19H23N3O5/c1-24-14-4-3-13(9-15(14)25-2)18-20-16(27-21-18)10-22-11-19(6-5-17(22)23)7-8-26-12-19/h3-4,9H,5-8,10-12H2,1-2H3/t19-/m1/s1. The van der Waals surface area contributed by atoms with Gasteiger partial charge in [-0.05, 0) is 31.0 Å².